The smallest absolute Gasteiger partial charge is 0.185 e. The lowest BCUT2D eigenvalue weighted by molar-refractivity contribution is 0.104. The second kappa shape index (κ2) is 8.10. The molecular formula is C18H17FO3. The van der Waals surface area contributed by atoms with Crippen molar-refractivity contribution in [1.82, 2.24) is 0 Å². The SMILES string of the molecule is COCCOc1cccc(/C=C/C(=O)c2ccc(F)cc2)c1. The van der Waals surface area contributed by atoms with Gasteiger partial charge in [0.15, 0.2) is 5.78 Å². The Labute approximate surface area is 129 Å². The fourth-order valence-electron chi connectivity index (χ4n) is 1.83. The highest BCUT2D eigenvalue weighted by atomic mass is 19.1. The summed E-state index contributed by atoms with van der Waals surface area (Å²) in [6.45, 7) is 0.987. The molecule has 0 aromatic heterocycles. The fourth-order valence-corrected chi connectivity index (χ4v) is 1.83. The van der Waals surface area contributed by atoms with E-state index < -0.39 is 0 Å². The highest BCUT2D eigenvalue weighted by Gasteiger charge is 2.02. The molecule has 2 aromatic carbocycles. The van der Waals surface area contributed by atoms with Crippen molar-refractivity contribution in [2.45, 2.75) is 0 Å². The maximum Gasteiger partial charge on any atom is 0.185 e. The predicted molar refractivity (Wildman–Crippen MR) is 83.6 cm³/mol. The molecule has 22 heavy (non-hydrogen) atoms. The third-order valence-electron chi connectivity index (χ3n) is 2.97. The van der Waals surface area contributed by atoms with Crippen molar-refractivity contribution < 1.29 is 18.7 Å². The van der Waals surface area contributed by atoms with Crippen LogP contribution in [0.1, 0.15) is 15.9 Å². The van der Waals surface area contributed by atoms with Crippen LogP contribution in [0.15, 0.2) is 54.6 Å². The maximum absolute atomic E-state index is 12.8. The lowest BCUT2D eigenvalue weighted by atomic mass is 10.1. The Hall–Kier alpha value is -2.46. The number of ketones is 1. The molecular weight excluding hydrogens is 283 g/mol. The maximum atomic E-state index is 12.8. The van der Waals surface area contributed by atoms with Crippen LogP contribution in [0.4, 0.5) is 4.39 Å². The largest absolute Gasteiger partial charge is 0.491 e. The molecule has 4 heteroatoms. The monoisotopic (exact) mass is 300 g/mol. The molecule has 0 saturated carbocycles. The summed E-state index contributed by atoms with van der Waals surface area (Å²) in [5.41, 5.74) is 1.30. The normalized spacial score (nSPS) is 10.8. The van der Waals surface area contributed by atoms with Gasteiger partial charge < -0.3 is 9.47 Å². The molecule has 0 spiro atoms. The van der Waals surface area contributed by atoms with Crippen molar-refractivity contribution in [1.29, 1.82) is 0 Å². The number of hydrogen-bond donors (Lipinski definition) is 0. The summed E-state index contributed by atoms with van der Waals surface area (Å²) >= 11 is 0. The van der Waals surface area contributed by atoms with Crippen molar-refractivity contribution in [2.24, 2.45) is 0 Å². The van der Waals surface area contributed by atoms with Crippen molar-refractivity contribution in [3.05, 3.63) is 71.6 Å². The molecule has 0 N–H and O–H groups in total. The zero-order valence-electron chi connectivity index (χ0n) is 12.3. The molecule has 114 valence electrons. The fraction of sp³-hybridized carbons (Fsp3) is 0.167. The van der Waals surface area contributed by atoms with Gasteiger partial charge in [0.2, 0.25) is 0 Å². The zero-order valence-corrected chi connectivity index (χ0v) is 12.3. The minimum absolute atomic E-state index is 0.175. The quantitative estimate of drug-likeness (QED) is 0.444. The van der Waals surface area contributed by atoms with Gasteiger partial charge in [0, 0.05) is 12.7 Å². The average molecular weight is 300 g/mol. The summed E-state index contributed by atoms with van der Waals surface area (Å²) in [6, 6.07) is 12.9. The molecule has 0 bridgehead atoms. The third-order valence-corrected chi connectivity index (χ3v) is 2.97. The van der Waals surface area contributed by atoms with E-state index in [1.165, 1.54) is 30.3 Å². The first kappa shape index (κ1) is 15.9. The van der Waals surface area contributed by atoms with Crippen molar-refractivity contribution in [3.8, 4) is 5.75 Å². The number of benzene rings is 2. The van der Waals surface area contributed by atoms with Crippen LogP contribution in [0.3, 0.4) is 0 Å². The Morgan fingerprint density at radius 3 is 2.64 bits per heavy atom. The van der Waals surface area contributed by atoms with Crippen LogP contribution in [0.5, 0.6) is 5.75 Å². The van der Waals surface area contributed by atoms with Crippen molar-refractivity contribution in [2.75, 3.05) is 20.3 Å². The molecule has 2 rings (SSSR count). The predicted octanol–water partition coefficient (Wildman–Crippen LogP) is 3.75. The Morgan fingerprint density at radius 2 is 1.91 bits per heavy atom. The second-order valence-corrected chi connectivity index (χ2v) is 4.62. The molecule has 3 nitrogen and oxygen atoms in total. The van der Waals surface area contributed by atoms with Gasteiger partial charge >= 0.3 is 0 Å². The molecule has 0 atom stereocenters. The van der Waals surface area contributed by atoms with Gasteiger partial charge in [0.25, 0.3) is 0 Å². The summed E-state index contributed by atoms with van der Waals surface area (Å²) in [5, 5.41) is 0. The lowest BCUT2D eigenvalue weighted by Crippen LogP contribution is -2.04. The number of carbonyl (C=O) groups is 1. The first-order valence-corrected chi connectivity index (χ1v) is 6.89. The van der Waals surface area contributed by atoms with Crippen molar-refractivity contribution in [3.63, 3.8) is 0 Å². The molecule has 0 amide bonds. The van der Waals surface area contributed by atoms with E-state index in [9.17, 15) is 9.18 Å². The van der Waals surface area contributed by atoms with E-state index in [1.54, 1.807) is 13.2 Å². The van der Waals surface area contributed by atoms with Gasteiger partial charge in [-0.3, -0.25) is 4.79 Å². The number of allylic oxidation sites excluding steroid dienone is 1. The summed E-state index contributed by atoms with van der Waals surface area (Å²) in [6.07, 6.45) is 3.16. The number of carbonyl (C=O) groups excluding carboxylic acids is 1. The molecule has 0 radical (unpaired) electrons. The van der Waals surface area contributed by atoms with Crippen LogP contribution in [0.25, 0.3) is 6.08 Å². The number of rotatable bonds is 7. The van der Waals surface area contributed by atoms with Gasteiger partial charge in [-0.25, -0.2) is 4.39 Å². The summed E-state index contributed by atoms with van der Waals surface area (Å²) in [4.78, 5) is 12.0. The van der Waals surface area contributed by atoms with Gasteiger partial charge in [-0.1, -0.05) is 18.2 Å². The molecule has 2 aromatic rings. The van der Waals surface area contributed by atoms with Crippen molar-refractivity contribution >= 4 is 11.9 Å². The van der Waals surface area contributed by atoms with Crippen LogP contribution in [-0.4, -0.2) is 26.1 Å². The highest BCUT2D eigenvalue weighted by Crippen LogP contribution is 2.15. The first-order chi connectivity index (χ1) is 10.7. The van der Waals surface area contributed by atoms with Crippen LogP contribution in [0, 0.1) is 5.82 Å². The van der Waals surface area contributed by atoms with E-state index in [4.69, 9.17) is 9.47 Å². The Balaban J connectivity index is 2.01. The number of hydrogen-bond acceptors (Lipinski definition) is 3. The standard InChI is InChI=1S/C18H17FO3/c1-21-11-12-22-17-4-2-3-14(13-17)5-10-18(20)15-6-8-16(19)9-7-15/h2-10,13H,11-12H2,1H3/b10-5+. The molecule has 0 heterocycles. The highest BCUT2D eigenvalue weighted by molar-refractivity contribution is 6.06. The second-order valence-electron chi connectivity index (χ2n) is 4.62. The van der Waals surface area contributed by atoms with Gasteiger partial charge in [-0.2, -0.15) is 0 Å². The molecule has 0 unspecified atom stereocenters. The molecule has 0 aliphatic carbocycles. The topological polar surface area (TPSA) is 35.5 Å². The number of ether oxygens (including phenoxy) is 2. The van der Waals surface area contributed by atoms with Gasteiger partial charge in [-0.05, 0) is 48.0 Å². The van der Waals surface area contributed by atoms with Crippen LogP contribution < -0.4 is 4.74 Å². The molecule has 0 aliphatic heterocycles. The molecule has 0 aliphatic rings. The Kier molecular flexibility index (Phi) is 5.86. The molecule has 0 saturated heterocycles. The van der Waals surface area contributed by atoms with Gasteiger partial charge in [0.1, 0.15) is 18.2 Å². The third kappa shape index (κ3) is 4.82. The van der Waals surface area contributed by atoms with E-state index in [-0.39, 0.29) is 11.6 Å². The van der Waals surface area contributed by atoms with Crippen LogP contribution in [0.2, 0.25) is 0 Å². The first-order valence-electron chi connectivity index (χ1n) is 6.89. The minimum Gasteiger partial charge on any atom is -0.491 e. The van der Waals surface area contributed by atoms with Crippen LogP contribution >= 0.6 is 0 Å². The van der Waals surface area contributed by atoms with E-state index in [1.807, 2.05) is 24.3 Å². The Bertz CT molecular complexity index is 648. The summed E-state index contributed by atoms with van der Waals surface area (Å²) < 4.78 is 23.2. The van der Waals surface area contributed by atoms with Crippen LogP contribution in [-0.2, 0) is 4.74 Å². The number of halogens is 1. The van der Waals surface area contributed by atoms with E-state index in [0.29, 0.717) is 24.5 Å². The average Bonchev–Trinajstić information content (AvgIpc) is 2.54. The van der Waals surface area contributed by atoms with E-state index in [0.717, 1.165) is 5.56 Å². The summed E-state index contributed by atoms with van der Waals surface area (Å²) in [7, 11) is 1.61. The van der Waals surface area contributed by atoms with Gasteiger partial charge in [0.05, 0.1) is 6.61 Å². The Morgan fingerprint density at radius 1 is 1.14 bits per heavy atom. The van der Waals surface area contributed by atoms with E-state index >= 15 is 0 Å². The molecule has 0 fully saturated rings. The summed E-state index contributed by atoms with van der Waals surface area (Å²) in [5.74, 6) is 0.181. The lowest BCUT2D eigenvalue weighted by Gasteiger charge is -2.05. The van der Waals surface area contributed by atoms with E-state index in [2.05, 4.69) is 0 Å². The minimum atomic E-state index is -0.360. The van der Waals surface area contributed by atoms with Gasteiger partial charge in [-0.15, -0.1) is 0 Å². The zero-order chi connectivity index (χ0) is 15.8. The number of methoxy groups -OCH3 is 1.